The van der Waals surface area contributed by atoms with Crippen molar-refractivity contribution in [2.24, 2.45) is 7.05 Å². The molecule has 3 aromatic heterocycles. The summed E-state index contributed by atoms with van der Waals surface area (Å²) in [7, 11) is 1.59. The van der Waals surface area contributed by atoms with Gasteiger partial charge in [-0.3, -0.25) is 9.78 Å². The number of fused-ring (bicyclic) bond motifs is 1. The SMILES string of the molecule is Cn1cnc2c(-c3cccnc3)nc(-c3ccc(OC(F)(F)F)cc3)cc2c1=O. The van der Waals surface area contributed by atoms with E-state index in [1.54, 1.807) is 37.6 Å². The van der Waals surface area contributed by atoms with Gasteiger partial charge >= 0.3 is 6.36 Å². The molecule has 146 valence electrons. The maximum atomic E-state index is 12.6. The lowest BCUT2D eigenvalue weighted by Crippen LogP contribution is -2.17. The van der Waals surface area contributed by atoms with Crippen LogP contribution in [0.1, 0.15) is 0 Å². The van der Waals surface area contributed by atoms with E-state index in [1.165, 1.54) is 35.2 Å². The molecule has 29 heavy (non-hydrogen) atoms. The van der Waals surface area contributed by atoms with Gasteiger partial charge in [-0.15, -0.1) is 13.2 Å². The third-order valence-electron chi connectivity index (χ3n) is 4.22. The van der Waals surface area contributed by atoms with Gasteiger partial charge < -0.3 is 9.30 Å². The Hall–Kier alpha value is -3.75. The van der Waals surface area contributed by atoms with Gasteiger partial charge in [-0.1, -0.05) is 0 Å². The van der Waals surface area contributed by atoms with Crippen molar-refractivity contribution in [1.29, 1.82) is 0 Å². The average Bonchev–Trinajstić information content (AvgIpc) is 2.70. The molecule has 0 bridgehead atoms. The highest BCUT2D eigenvalue weighted by molar-refractivity contribution is 5.93. The van der Waals surface area contributed by atoms with E-state index in [-0.39, 0.29) is 11.3 Å². The molecular formula is C20H13F3N4O2. The van der Waals surface area contributed by atoms with Gasteiger partial charge in [0.15, 0.2) is 0 Å². The number of halogens is 3. The molecule has 0 aliphatic carbocycles. The van der Waals surface area contributed by atoms with E-state index in [2.05, 4.69) is 19.7 Å². The normalized spacial score (nSPS) is 11.6. The fraction of sp³-hybridized carbons (Fsp3) is 0.100. The van der Waals surface area contributed by atoms with E-state index < -0.39 is 6.36 Å². The number of alkyl halides is 3. The molecule has 0 N–H and O–H groups in total. The first-order chi connectivity index (χ1) is 13.8. The second-order valence-electron chi connectivity index (χ2n) is 6.23. The highest BCUT2D eigenvalue weighted by Gasteiger charge is 2.31. The van der Waals surface area contributed by atoms with Gasteiger partial charge in [-0.05, 0) is 42.5 Å². The van der Waals surface area contributed by atoms with E-state index in [0.717, 1.165) is 0 Å². The second-order valence-corrected chi connectivity index (χ2v) is 6.23. The fourth-order valence-corrected chi connectivity index (χ4v) is 2.90. The van der Waals surface area contributed by atoms with Gasteiger partial charge in [-0.2, -0.15) is 0 Å². The van der Waals surface area contributed by atoms with Crippen LogP contribution < -0.4 is 10.3 Å². The summed E-state index contributed by atoms with van der Waals surface area (Å²) in [4.78, 5) is 25.7. The van der Waals surface area contributed by atoms with Crippen molar-refractivity contribution in [1.82, 2.24) is 19.5 Å². The first kappa shape index (κ1) is 18.6. The number of aryl methyl sites for hydroxylation is 1. The Morgan fingerprint density at radius 1 is 1.07 bits per heavy atom. The minimum absolute atomic E-state index is 0.263. The number of hydrogen-bond acceptors (Lipinski definition) is 5. The lowest BCUT2D eigenvalue weighted by molar-refractivity contribution is -0.274. The third kappa shape index (κ3) is 3.79. The van der Waals surface area contributed by atoms with E-state index in [9.17, 15) is 18.0 Å². The number of rotatable bonds is 3. The topological polar surface area (TPSA) is 69.9 Å². The van der Waals surface area contributed by atoms with Crippen molar-refractivity contribution in [3.05, 3.63) is 71.5 Å². The van der Waals surface area contributed by atoms with Crippen LogP contribution in [0, 0.1) is 0 Å². The van der Waals surface area contributed by atoms with Crippen LogP contribution in [-0.4, -0.2) is 25.9 Å². The predicted octanol–water partition coefficient (Wildman–Crippen LogP) is 3.96. The molecule has 0 unspecified atom stereocenters. The van der Waals surface area contributed by atoms with Gasteiger partial charge in [0, 0.05) is 30.6 Å². The van der Waals surface area contributed by atoms with Crippen LogP contribution in [0.25, 0.3) is 33.4 Å². The van der Waals surface area contributed by atoms with E-state index >= 15 is 0 Å². The van der Waals surface area contributed by atoms with Crippen LogP contribution in [0.15, 0.2) is 66.0 Å². The van der Waals surface area contributed by atoms with Gasteiger partial charge in [0.25, 0.3) is 5.56 Å². The molecule has 0 aliphatic rings. The number of aromatic nitrogens is 4. The smallest absolute Gasteiger partial charge is 0.406 e. The summed E-state index contributed by atoms with van der Waals surface area (Å²) in [5.41, 5.74) is 2.22. The van der Waals surface area contributed by atoms with E-state index in [4.69, 9.17) is 0 Å². The van der Waals surface area contributed by atoms with Crippen molar-refractivity contribution < 1.29 is 17.9 Å². The van der Waals surface area contributed by atoms with E-state index in [0.29, 0.717) is 33.4 Å². The summed E-state index contributed by atoms with van der Waals surface area (Å²) in [6.07, 6.45) is -0.143. The fourth-order valence-electron chi connectivity index (χ4n) is 2.90. The van der Waals surface area contributed by atoms with Gasteiger partial charge in [0.05, 0.1) is 23.1 Å². The van der Waals surface area contributed by atoms with Crippen LogP contribution >= 0.6 is 0 Å². The molecule has 0 fully saturated rings. The Morgan fingerprint density at radius 3 is 2.48 bits per heavy atom. The molecule has 4 aromatic rings. The molecule has 3 heterocycles. The van der Waals surface area contributed by atoms with Gasteiger partial charge in [-0.25, -0.2) is 9.97 Å². The number of pyridine rings is 2. The molecule has 0 atom stereocenters. The van der Waals surface area contributed by atoms with Crippen LogP contribution in [0.5, 0.6) is 5.75 Å². The Bertz CT molecular complexity index is 1240. The molecule has 0 amide bonds. The summed E-state index contributed by atoms with van der Waals surface area (Å²) in [6, 6.07) is 10.4. The van der Waals surface area contributed by atoms with Gasteiger partial charge in [0.2, 0.25) is 0 Å². The summed E-state index contributed by atoms with van der Waals surface area (Å²) < 4.78 is 42.4. The molecule has 0 saturated heterocycles. The summed E-state index contributed by atoms with van der Waals surface area (Å²) >= 11 is 0. The molecule has 0 aliphatic heterocycles. The zero-order valence-electron chi connectivity index (χ0n) is 15.0. The number of benzene rings is 1. The first-order valence-corrected chi connectivity index (χ1v) is 8.45. The summed E-state index contributed by atoms with van der Waals surface area (Å²) in [5.74, 6) is -0.341. The lowest BCUT2D eigenvalue weighted by Gasteiger charge is -2.11. The summed E-state index contributed by atoms with van der Waals surface area (Å²) in [6.45, 7) is 0. The second kappa shape index (κ2) is 7.01. The highest BCUT2D eigenvalue weighted by atomic mass is 19.4. The Balaban J connectivity index is 1.89. The number of ether oxygens (including phenoxy) is 1. The van der Waals surface area contributed by atoms with E-state index in [1.807, 2.05) is 0 Å². The molecule has 9 heteroatoms. The summed E-state index contributed by atoms with van der Waals surface area (Å²) in [5, 5.41) is 0.342. The van der Waals surface area contributed by atoms with Crippen molar-refractivity contribution in [2.75, 3.05) is 0 Å². The largest absolute Gasteiger partial charge is 0.573 e. The zero-order chi connectivity index (χ0) is 20.6. The lowest BCUT2D eigenvalue weighted by atomic mass is 10.1. The van der Waals surface area contributed by atoms with Crippen molar-refractivity contribution >= 4 is 10.9 Å². The standard InChI is InChI=1S/C20H13F3N4O2/c1-27-11-25-18-15(19(27)28)9-16(26-17(18)13-3-2-8-24-10-13)12-4-6-14(7-5-12)29-20(21,22)23/h2-11H,1H3. The average molecular weight is 398 g/mol. The minimum atomic E-state index is -4.77. The van der Waals surface area contributed by atoms with Crippen molar-refractivity contribution in [2.45, 2.75) is 6.36 Å². The Morgan fingerprint density at radius 2 is 1.83 bits per heavy atom. The molecule has 1 aromatic carbocycles. The van der Waals surface area contributed by atoms with Crippen molar-refractivity contribution in [3.8, 4) is 28.3 Å². The first-order valence-electron chi connectivity index (χ1n) is 8.45. The van der Waals surface area contributed by atoms with Crippen LogP contribution in [0.2, 0.25) is 0 Å². The van der Waals surface area contributed by atoms with Gasteiger partial charge in [0.1, 0.15) is 11.3 Å². The Labute approximate surface area is 162 Å². The predicted molar refractivity (Wildman–Crippen MR) is 100 cm³/mol. The molecule has 6 nitrogen and oxygen atoms in total. The molecule has 0 saturated carbocycles. The molecule has 0 radical (unpaired) electrons. The van der Waals surface area contributed by atoms with Crippen LogP contribution in [-0.2, 0) is 7.05 Å². The monoisotopic (exact) mass is 398 g/mol. The zero-order valence-corrected chi connectivity index (χ0v) is 15.0. The maximum Gasteiger partial charge on any atom is 0.573 e. The molecular weight excluding hydrogens is 385 g/mol. The molecule has 4 rings (SSSR count). The number of hydrogen-bond donors (Lipinski definition) is 0. The van der Waals surface area contributed by atoms with Crippen LogP contribution in [0.4, 0.5) is 13.2 Å². The maximum absolute atomic E-state index is 12.6. The minimum Gasteiger partial charge on any atom is -0.406 e. The number of nitrogens with zero attached hydrogens (tertiary/aromatic N) is 4. The quantitative estimate of drug-likeness (QED) is 0.523. The highest BCUT2D eigenvalue weighted by Crippen LogP contribution is 2.30. The molecule has 0 spiro atoms. The Kier molecular flexibility index (Phi) is 4.50. The third-order valence-corrected chi connectivity index (χ3v) is 4.22. The van der Waals surface area contributed by atoms with Crippen LogP contribution in [0.3, 0.4) is 0 Å². The van der Waals surface area contributed by atoms with Crippen molar-refractivity contribution in [3.63, 3.8) is 0 Å².